The summed E-state index contributed by atoms with van der Waals surface area (Å²) in [5, 5.41) is 11.5. The van der Waals surface area contributed by atoms with Gasteiger partial charge < -0.3 is 24.2 Å². The number of ether oxygens (including phenoxy) is 3. The largest absolute Gasteiger partial charge is 0.497 e. The predicted molar refractivity (Wildman–Crippen MR) is 118 cm³/mol. The molecule has 2 aromatic rings. The van der Waals surface area contributed by atoms with Crippen molar-refractivity contribution in [3.63, 3.8) is 0 Å². The highest BCUT2D eigenvalue weighted by atomic mass is 16.5. The molecule has 2 fully saturated rings. The molecule has 1 amide bonds. The van der Waals surface area contributed by atoms with Gasteiger partial charge in [0.15, 0.2) is 0 Å². The number of fused-ring (bicyclic) bond motifs is 1. The number of carbonyl (C=O) groups is 1. The van der Waals surface area contributed by atoms with Crippen LogP contribution in [-0.2, 0) is 0 Å². The van der Waals surface area contributed by atoms with Gasteiger partial charge in [-0.1, -0.05) is 25.0 Å². The third-order valence-electron chi connectivity index (χ3n) is 6.93. The van der Waals surface area contributed by atoms with E-state index < -0.39 is 5.60 Å². The van der Waals surface area contributed by atoms with Crippen molar-refractivity contribution in [2.75, 3.05) is 27.9 Å². The maximum absolute atomic E-state index is 13.8. The number of likely N-dealkylation sites (tertiary alicyclic amines) is 1. The summed E-state index contributed by atoms with van der Waals surface area (Å²) >= 11 is 0. The van der Waals surface area contributed by atoms with Crippen LogP contribution in [0.4, 0.5) is 0 Å². The molecule has 166 valence electrons. The molecule has 2 unspecified atom stereocenters. The van der Waals surface area contributed by atoms with Gasteiger partial charge in [-0.3, -0.25) is 4.79 Å². The van der Waals surface area contributed by atoms with Gasteiger partial charge in [-0.25, -0.2) is 0 Å². The summed E-state index contributed by atoms with van der Waals surface area (Å²) in [6.45, 7) is 0.476. The molecule has 1 saturated heterocycles. The van der Waals surface area contributed by atoms with Crippen LogP contribution in [0.3, 0.4) is 0 Å². The SMILES string of the molecule is COc1ccc([C@H]2C3CCCCC3(O)CCN2C(=O)c2ccccc2OC)c(OC)c1. The fraction of sp³-hybridized carbons (Fsp3) is 0.480. The summed E-state index contributed by atoms with van der Waals surface area (Å²) in [6, 6.07) is 12.7. The van der Waals surface area contributed by atoms with Gasteiger partial charge in [0.1, 0.15) is 17.2 Å². The van der Waals surface area contributed by atoms with Gasteiger partial charge in [-0.2, -0.15) is 0 Å². The first-order chi connectivity index (χ1) is 15.0. The molecule has 1 saturated carbocycles. The first kappa shape index (κ1) is 21.5. The second-order valence-electron chi connectivity index (χ2n) is 8.46. The molecule has 2 aromatic carbocycles. The van der Waals surface area contributed by atoms with Crippen LogP contribution in [0.15, 0.2) is 42.5 Å². The van der Waals surface area contributed by atoms with E-state index >= 15 is 0 Å². The van der Waals surface area contributed by atoms with Crippen molar-refractivity contribution < 1.29 is 24.1 Å². The number of hydrogen-bond acceptors (Lipinski definition) is 5. The number of carbonyl (C=O) groups excluding carboxylic acids is 1. The smallest absolute Gasteiger partial charge is 0.258 e. The summed E-state index contributed by atoms with van der Waals surface area (Å²) < 4.78 is 16.5. The van der Waals surface area contributed by atoms with Gasteiger partial charge in [-0.05, 0) is 43.5 Å². The topological polar surface area (TPSA) is 68.2 Å². The average molecular weight is 426 g/mol. The van der Waals surface area contributed by atoms with E-state index in [2.05, 4.69) is 0 Å². The fourth-order valence-electron chi connectivity index (χ4n) is 5.33. The van der Waals surface area contributed by atoms with E-state index in [0.717, 1.165) is 31.2 Å². The van der Waals surface area contributed by atoms with Gasteiger partial charge in [-0.15, -0.1) is 0 Å². The number of methoxy groups -OCH3 is 3. The molecular weight excluding hydrogens is 394 g/mol. The molecule has 31 heavy (non-hydrogen) atoms. The van der Waals surface area contributed by atoms with Crippen LogP contribution in [0.2, 0.25) is 0 Å². The number of aliphatic hydroxyl groups is 1. The third-order valence-corrected chi connectivity index (χ3v) is 6.93. The summed E-state index contributed by atoms with van der Waals surface area (Å²) in [4.78, 5) is 15.7. The number of nitrogens with zero attached hydrogens (tertiary/aromatic N) is 1. The van der Waals surface area contributed by atoms with Crippen molar-refractivity contribution in [1.29, 1.82) is 0 Å². The Balaban J connectivity index is 1.82. The van der Waals surface area contributed by atoms with E-state index in [4.69, 9.17) is 14.2 Å². The first-order valence-corrected chi connectivity index (χ1v) is 10.9. The minimum Gasteiger partial charge on any atom is -0.497 e. The molecule has 1 N–H and O–H groups in total. The van der Waals surface area contributed by atoms with E-state index in [9.17, 15) is 9.90 Å². The quantitative estimate of drug-likeness (QED) is 0.777. The molecule has 1 aliphatic heterocycles. The number of rotatable bonds is 5. The highest BCUT2D eigenvalue weighted by Gasteiger charge is 2.51. The molecule has 1 heterocycles. The molecule has 0 bridgehead atoms. The highest BCUT2D eigenvalue weighted by molar-refractivity contribution is 5.97. The van der Waals surface area contributed by atoms with Crippen LogP contribution < -0.4 is 14.2 Å². The van der Waals surface area contributed by atoms with Crippen molar-refractivity contribution >= 4 is 5.91 Å². The number of hydrogen-bond donors (Lipinski definition) is 1. The van der Waals surface area contributed by atoms with Crippen molar-refractivity contribution in [2.24, 2.45) is 5.92 Å². The van der Waals surface area contributed by atoms with E-state index in [1.54, 1.807) is 33.5 Å². The lowest BCUT2D eigenvalue weighted by molar-refractivity contribution is -0.115. The lowest BCUT2D eigenvalue weighted by Crippen LogP contribution is -2.56. The standard InChI is InChI=1S/C25H31NO5/c1-29-17-11-12-18(22(16-17)31-3)23-20-9-6-7-13-25(20,28)14-15-26(23)24(27)19-8-4-5-10-21(19)30-2/h4-5,8,10-12,16,20,23,28H,6-7,9,13-15H2,1-3H3/t20?,23-,25?/m0/s1. The Morgan fingerprint density at radius 3 is 2.52 bits per heavy atom. The summed E-state index contributed by atoms with van der Waals surface area (Å²) in [5.74, 6) is 1.76. The highest BCUT2D eigenvalue weighted by Crippen LogP contribution is 2.51. The van der Waals surface area contributed by atoms with Gasteiger partial charge in [0.05, 0.1) is 38.5 Å². The summed E-state index contributed by atoms with van der Waals surface area (Å²) in [5.41, 5.74) is 0.658. The van der Waals surface area contributed by atoms with E-state index in [1.807, 2.05) is 35.2 Å². The lowest BCUT2D eigenvalue weighted by atomic mass is 9.66. The Morgan fingerprint density at radius 2 is 1.77 bits per heavy atom. The second-order valence-corrected chi connectivity index (χ2v) is 8.46. The van der Waals surface area contributed by atoms with Crippen LogP contribution >= 0.6 is 0 Å². The van der Waals surface area contributed by atoms with Gasteiger partial charge >= 0.3 is 0 Å². The normalized spacial score (nSPS) is 25.5. The van der Waals surface area contributed by atoms with Gasteiger partial charge in [0.2, 0.25) is 0 Å². The zero-order valence-corrected chi connectivity index (χ0v) is 18.5. The number of para-hydroxylation sites is 1. The number of piperidine rings is 1. The Kier molecular flexibility index (Phi) is 6.10. The monoisotopic (exact) mass is 425 g/mol. The Labute approximate surface area is 183 Å². The summed E-state index contributed by atoms with van der Waals surface area (Å²) in [6.07, 6.45) is 4.27. The maximum Gasteiger partial charge on any atom is 0.258 e. The first-order valence-electron chi connectivity index (χ1n) is 10.9. The average Bonchev–Trinajstić information content (AvgIpc) is 2.82. The number of amides is 1. The van der Waals surface area contributed by atoms with Crippen LogP contribution in [0, 0.1) is 5.92 Å². The molecule has 1 aliphatic carbocycles. The maximum atomic E-state index is 13.8. The minimum absolute atomic E-state index is 0.0593. The van der Waals surface area contributed by atoms with Crippen LogP contribution in [0.25, 0.3) is 0 Å². The minimum atomic E-state index is -0.772. The zero-order chi connectivity index (χ0) is 22.0. The molecule has 0 radical (unpaired) electrons. The van der Waals surface area contributed by atoms with Crippen molar-refractivity contribution in [3.8, 4) is 17.2 Å². The van der Waals surface area contributed by atoms with Crippen molar-refractivity contribution in [1.82, 2.24) is 4.90 Å². The van der Waals surface area contributed by atoms with E-state index in [0.29, 0.717) is 35.8 Å². The fourth-order valence-corrected chi connectivity index (χ4v) is 5.33. The third kappa shape index (κ3) is 3.85. The second kappa shape index (κ2) is 8.79. The number of benzene rings is 2. The summed E-state index contributed by atoms with van der Waals surface area (Å²) in [7, 11) is 4.82. The van der Waals surface area contributed by atoms with E-state index in [-0.39, 0.29) is 17.9 Å². The van der Waals surface area contributed by atoms with Crippen LogP contribution in [0.1, 0.15) is 54.1 Å². The molecule has 4 rings (SSSR count). The van der Waals surface area contributed by atoms with Gasteiger partial charge in [0.25, 0.3) is 5.91 Å². The molecule has 0 spiro atoms. The van der Waals surface area contributed by atoms with Crippen molar-refractivity contribution in [3.05, 3.63) is 53.6 Å². The molecular formula is C25H31NO5. The lowest BCUT2D eigenvalue weighted by Gasteiger charge is -2.52. The van der Waals surface area contributed by atoms with Crippen LogP contribution in [-0.4, -0.2) is 49.4 Å². The molecule has 6 nitrogen and oxygen atoms in total. The zero-order valence-electron chi connectivity index (χ0n) is 18.5. The van der Waals surface area contributed by atoms with Crippen LogP contribution in [0.5, 0.6) is 17.2 Å². The molecule has 2 aliphatic rings. The Hall–Kier alpha value is -2.73. The molecule has 6 heteroatoms. The predicted octanol–water partition coefficient (Wildman–Crippen LogP) is 4.22. The Bertz CT molecular complexity index is 945. The van der Waals surface area contributed by atoms with Crippen molar-refractivity contribution in [2.45, 2.75) is 43.7 Å². The van der Waals surface area contributed by atoms with E-state index in [1.165, 1.54) is 0 Å². The van der Waals surface area contributed by atoms with Gasteiger partial charge in [0, 0.05) is 24.1 Å². The molecule has 3 atom stereocenters. The Morgan fingerprint density at radius 1 is 1.00 bits per heavy atom. The molecule has 0 aromatic heterocycles.